The molecule has 0 radical (unpaired) electrons. The number of ketones is 1. The van der Waals surface area contributed by atoms with Crippen LogP contribution in [0, 0.1) is 11.7 Å². The van der Waals surface area contributed by atoms with E-state index < -0.39 is 17.7 Å². The molecule has 0 unspecified atom stereocenters. The molecule has 7 heteroatoms. The number of aromatic nitrogens is 1. The van der Waals surface area contributed by atoms with E-state index in [0.717, 1.165) is 5.56 Å². The maximum absolute atomic E-state index is 13.6. The van der Waals surface area contributed by atoms with E-state index in [1.807, 2.05) is 24.3 Å². The lowest BCUT2D eigenvalue weighted by atomic mass is 9.79. The molecule has 0 aliphatic carbocycles. The molecule has 2 aliphatic heterocycles. The van der Waals surface area contributed by atoms with E-state index in [0.29, 0.717) is 20.6 Å². The Labute approximate surface area is 169 Å². The number of benzene rings is 2. The van der Waals surface area contributed by atoms with Gasteiger partial charge in [0.25, 0.3) is 5.56 Å². The summed E-state index contributed by atoms with van der Waals surface area (Å²) < 4.78 is 21.7. The second-order valence-electron chi connectivity index (χ2n) is 7.46. The van der Waals surface area contributed by atoms with Crippen molar-refractivity contribution in [1.82, 2.24) is 4.57 Å². The standard InChI is InChI=1S/C22H17FN2O3S/c1-12(26)18-19-15-8-3-4-9-16(15)28-22(18,2)24-21-25(19)20(27)17(29-21)11-13-6-5-7-14(23)10-13/h3-11,18-19H,1-2H3/b17-11-/t18-,19-,22-/m1/s1. The lowest BCUT2D eigenvalue weighted by Crippen LogP contribution is -2.58. The molecule has 0 spiro atoms. The molecule has 0 saturated carbocycles. The molecule has 5 nitrogen and oxygen atoms in total. The number of fused-ring (bicyclic) bond motifs is 6. The maximum atomic E-state index is 13.6. The summed E-state index contributed by atoms with van der Waals surface area (Å²) in [7, 11) is 0. The number of carbonyl (C=O) groups excluding carboxylic acids is 1. The fourth-order valence-electron chi connectivity index (χ4n) is 4.30. The van der Waals surface area contributed by atoms with Gasteiger partial charge < -0.3 is 4.74 Å². The zero-order valence-electron chi connectivity index (χ0n) is 15.8. The summed E-state index contributed by atoms with van der Waals surface area (Å²) in [5, 5.41) is 0. The average Bonchev–Trinajstić information content (AvgIpc) is 2.94. The number of para-hydroxylation sites is 1. The van der Waals surface area contributed by atoms with E-state index in [1.54, 1.807) is 29.7 Å². The van der Waals surface area contributed by atoms with Gasteiger partial charge in [-0.15, -0.1) is 0 Å². The molecule has 0 fully saturated rings. The number of hydrogen-bond donors (Lipinski definition) is 0. The van der Waals surface area contributed by atoms with Gasteiger partial charge in [-0.2, -0.15) is 0 Å². The minimum Gasteiger partial charge on any atom is -0.465 e. The van der Waals surface area contributed by atoms with E-state index in [1.165, 1.54) is 30.4 Å². The van der Waals surface area contributed by atoms with Crippen molar-refractivity contribution in [3.8, 4) is 5.75 Å². The number of ether oxygens (including phenoxy) is 1. The van der Waals surface area contributed by atoms with Crippen LogP contribution >= 0.6 is 11.3 Å². The molecular weight excluding hydrogens is 391 g/mol. The van der Waals surface area contributed by atoms with E-state index >= 15 is 0 Å². The van der Waals surface area contributed by atoms with Crippen molar-refractivity contribution in [3.63, 3.8) is 0 Å². The van der Waals surface area contributed by atoms with Crippen molar-refractivity contribution < 1.29 is 13.9 Å². The SMILES string of the molecule is CC(=O)[C@@H]1[C@H]2c3ccccc3O[C@@]1(C)N=c1s/c(=C\c3cccc(F)c3)c(=O)n12. The van der Waals surface area contributed by atoms with Crippen LogP contribution in [0.5, 0.6) is 5.75 Å². The molecule has 1 aromatic heterocycles. The zero-order valence-corrected chi connectivity index (χ0v) is 16.6. The van der Waals surface area contributed by atoms with Crippen molar-refractivity contribution in [2.24, 2.45) is 10.9 Å². The minimum absolute atomic E-state index is 0.0878. The predicted molar refractivity (Wildman–Crippen MR) is 107 cm³/mol. The molecule has 3 aromatic rings. The molecule has 5 rings (SSSR count). The van der Waals surface area contributed by atoms with Crippen molar-refractivity contribution in [2.75, 3.05) is 0 Å². The summed E-state index contributed by atoms with van der Waals surface area (Å²) in [6.45, 7) is 3.29. The molecule has 0 N–H and O–H groups in total. The van der Waals surface area contributed by atoms with Crippen molar-refractivity contribution in [2.45, 2.75) is 25.6 Å². The highest BCUT2D eigenvalue weighted by atomic mass is 32.1. The number of thiazole rings is 1. The van der Waals surface area contributed by atoms with E-state index in [4.69, 9.17) is 4.74 Å². The molecule has 2 bridgehead atoms. The Kier molecular flexibility index (Phi) is 3.86. The van der Waals surface area contributed by atoms with Crippen LogP contribution < -0.4 is 19.6 Å². The van der Waals surface area contributed by atoms with Crippen LogP contribution in [-0.4, -0.2) is 16.1 Å². The fourth-order valence-corrected chi connectivity index (χ4v) is 5.40. The first-order valence-corrected chi connectivity index (χ1v) is 10.1. The van der Waals surface area contributed by atoms with Crippen LogP contribution in [0.4, 0.5) is 4.39 Å². The Morgan fingerprint density at radius 1 is 1.28 bits per heavy atom. The first-order chi connectivity index (χ1) is 13.9. The number of Topliss-reactive ketones (excluding diaryl/α,β-unsaturated/α-hetero) is 1. The fraction of sp³-hybridized carbons (Fsp3) is 0.227. The average molecular weight is 408 g/mol. The highest BCUT2D eigenvalue weighted by Gasteiger charge is 2.53. The van der Waals surface area contributed by atoms with Gasteiger partial charge in [-0.3, -0.25) is 14.2 Å². The number of nitrogens with zero attached hydrogens (tertiary/aromatic N) is 2. The quantitative estimate of drug-likeness (QED) is 0.654. The van der Waals surface area contributed by atoms with Gasteiger partial charge in [-0.25, -0.2) is 9.38 Å². The highest BCUT2D eigenvalue weighted by molar-refractivity contribution is 7.07. The van der Waals surface area contributed by atoms with Crippen LogP contribution in [0.15, 0.2) is 58.3 Å². The molecule has 29 heavy (non-hydrogen) atoms. The third-order valence-electron chi connectivity index (χ3n) is 5.46. The molecule has 3 atom stereocenters. The van der Waals surface area contributed by atoms with Crippen molar-refractivity contribution in [1.29, 1.82) is 0 Å². The summed E-state index contributed by atoms with van der Waals surface area (Å²) in [4.78, 5) is 31.1. The van der Waals surface area contributed by atoms with Gasteiger partial charge in [0.15, 0.2) is 4.80 Å². The molecule has 146 valence electrons. The Morgan fingerprint density at radius 2 is 2.07 bits per heavy atom. The maximum Gasteiger partial charge on any atom is 0.270 e. The van der Waals surface area contributed by atoms with E-state index in [9.17, 15) is 14.0 Å². The number of hydrogen-bond acceptors (Lipinski definition) is 5. The third-order valence-corrected chi connectivity index (χ3v) is 6.45. The van der Waals surface area contributed by atoms with Crippen molar-refractivity contribution >= 4 is 23.2 Å². The molecule has 2 aromatic carbocycles. The largest absolute Gasteiger partial charge is 0.465 e. The topological polar surface area (TPSA) is 60.7 Å². The first-order valence-electron chi connectivity index (χ1n) is 9.24. The van der Waals surface area contributed by atoms with Crippen LogP contribution in [0.1, 0.15) is 31.0 Å². The summed E-state index contributed by atoms with van der Waals surface area (Å²) >= 11 is 1.22. The molecule has 0 amide bonds. The smallest absolute Gasteiger partial charge is 0.270 e. The van der Waals surface area contributed by atoms with E-state index in [-0.39, 0.29) is 17.2 Å². The summed E-state index contributed by atoms with van der Waals surface area (Å²) in [6.07, 6.45) is 1.65. The summed E-state index contributed by atoms with van der Waals surface area (Å²) in [6, 6.07) is 13.0. The van der Waals surface area contributed by atoms with Gasteiger partial charge in [0.2, 0.25) is 5.72 Å². The number of rotatable bonds is 2. The molecule has 2 aliphatic rings. The number of carbonyl (C=O) groups is 1. The second-order valence-corrected chi connectivity index (χ2v) is 8.47. The Morgan fingerprint density at radius 3 is 2.83 bits per heavy atom. The summed E-state index contributed by atoms with van der Waals surface area (Å²) in [5.41, 5.74) is 0.0555. The monoisotopic (exact) mass is 408 g/mol. The Balaban J connectivity index is 1.81. The predicted octanol–water partition coefficient (Wildman–Crippen LogP) is 2.41. The summed E-state index contributed by atoms with van der Waals surface area (Å²) in [5.74, 6) is -0.442. The Bertz CT molecular complexity index is 1340. The molecule has 3 heterocycles. The Hall–Kier alpha value is -3.06. The first kappa shape index (κ1) is 18.0. The normalized spacial score (nSPS) is 24.9. The highest BCUT2D eigenvalue weighted by Crippen LogP contribution is 2.47. The van der Waals surface area contributed by atoms with Crippen LogP contribution in [0.2, 0.25) is 0 Å². The van der Waals surface area contributed by atoms with E-state index in [2.05, 4.69) is 4.99 Å². The third kappa shape index (κ3) is 2.68. The molecular formula is C22H17FN2O3S. The van der Waals surface area contributed by atoms with Crippen LogP contribution in [0.3, 0.4) is 0 Å². The molecule has 0 saturated heterocycles. The van der Waals surface area contributed by atoms with Crippen LogP contribution in [0.25, 0.3) is 6.08 Å². The zero-order chi connectivity index (χ0) is 20.3. The van der Waals surface area contributed by atoms with Gasteiger partial charge in [-0.05, 0) is 43.7 Å². The van der Waals surface area contributed by atoms with Gasteiger partial charge in [0.1, 0.15) is 23.3 Å². The lowest BCUT2D eigenvalue weighted by molar-refractivity contribution is -0.132. The van der Waals surface area contributed by atoms with Gasteiger partial charge >= 0.3 is 0 Å². The minimum atomic E-state index is -1.09. The number of halogens is 1. The van der Waals surface area contributed by atoms with Gasteiger partial charge in [0, 0.05) is 5.56 Å². The second kappa shape index (κ2) is 6.22. The van der Waals surface area contributed by atoms with Gasteiger partial charge in [0.05, 0.1) is 10.6 Å². The van der Waals surface area contributed by atoms with Gasteiger partial charge in [-0.1, -0.05) is 41.7 Å². The van der Waals surface area contributed by atoms with Crippen LogP contribution in [-0.2, 0) is 4.79 Å². The van der Waals surface area contributed by atoms with Crippen molar-refractivity contribution in [3.05, 3.63) is 85.2 Å². The lowest BCUT2D eigenvalue weighted by Gasteiger charge is -2.45.